The Kier molecular flexibility index (Phi) is 5.72. The second-order valence-corrected chi connectivity index (χ2v) is 5.40. The SMILES string of the molecule is CNC(=O)C[NH2+]CC(=O)Nc1cc(-c2ccc(Cl)cc2)nn1C. The lowest BCUT2D eigenvalue weighted by Crippen LogP contribution is -2.88. The number of nitrogens with one attached hydrogen (secondary N) is 2. The van der Waals surface area contributed by atoms with Crippen molar-refractivity contribution in [3.63, 3.8) is 0 Å². The highest BCUT2D eigenvalue weighted by Crippen LogP contribution is 2.22. The Morgan fingerprint density at radius 3 is 2.52 bits per heavy atom. The van der Waals surface area contributed by atoms with E-state index in [2.05, 4.69) is 15.7 Å². The summed E-state index contributed by atoms with van der Waals surface area (Å²) in [5, 5.41) is 11.9. The number of aryl methyl sites for hydroxylation is 1. The van der Waals surface area contributed by atoms with E-state index < -0.39 is 0 Å². The van der Waals surface area contributed by atoms with Crippen LogP contribution in [0, 0.1) is 0 Å². The van der Waals surface area contributed by atoms with E-state index in [0.29, 0.717) is 10.8 Å². The molecule has 0 bridgehead atoms. The molecule has 2 amide bonds. The second kappa shape index (κ2) is 7.75. The van der Waals surface area contributed by atoms with Crippen molar-refractivity contribution in [1.29, 1.82) is 0 Å². The largest absolute Gasteiger partial charge is 0.354 e. The summed E-state index contributed by atoms with van der Waals surface area (Å²) in [6, 6.07) is 9.11. The molecule has 0 unspecified atom stereocenters. The lowest BCUT2D eigenvalue weighted by molar-refractivity contribution is -0.632. The first-order valence-electron chi connectivity index (χ1n) is 7.11. The van der Waals surface area contributed by atoms with Crippen molar-refractivity contribution in [3.8, 4) is 11.3 Å². The van der Waals surface area contributed by atoms with Gasteiger partial charge in [0.05, 0.1) is 5.69 Å². The maximum atomic E-state index is 11.9. The quantitative estimate of drug-likeness (QED) is 0.692. The van der Waals surface area contributed by atoms with Gasteiger partial charge in [-0.3, -0.25) is 14.3 Å². The standard InChI is InChI=1S/C15H18ClN5O2/c1-17-14(22)8-18-9-15(23)19-13-7-12(20-21(13)2)10-3-5-11(16)6-4-10/h3-7,18H,8-9H2,1-2H3,(H,17,22)(H,19,23)/p+1. The van der Waals surface area contributed by atoms with Crippen LogP contribution in [-0.4, -0.2) is 41.7 Å². The predicted octanol–water partition coefficient (Wildman–Crippen LogP) is -0.0116. The molecular formula is C15H19ClN5O2+. The highest BCUT2D eigenvalue weighted by Gasteiger charge is 2.12. The van der Waals surface area contributed by atoms with Crippen molar-refractivity contribution in [2.45, 2.75) is 0 Å². The fourth-order valence-corrected chi connectivity index (χ4v) is 2.10. The Hall–Kier alpha value is -2.38. The normalized spacial score (nSPS) is 10.4. The number of likely N-dealkylation sites (N-methyl/N-ethyl adjacent to an activating group) is 1. The first-order chi connectivity index (χ1) is 11.0. The van der Waals surface area contributed by atoms with Crippen LogP contribution < -0.4 is 16.0 Å². The maximum absolute atomic E-state index is 11.9. The van der Waals surface area contributed by atoms with Gasteiger partial charge in [-0.15, -0.1) is 0 Å². The van der Waals surface area contributed by atoms with Gasteiger partial charge in [0.25, 0.3) is 11.8 Å². The first-order valence-corrected chi connectivity index (χ1v) is 7.49. The van der Waals surface area contributed by atoms with E-state index in [4.69, 9.17) is 11.6 Å². The minimum Gasteiger partial charge on any atom is -0.354 e. The summed E-state index contributed by atoms with van der Waals surface area (Å²) in [5.74, 6) is 0.274. The van der Waals surface area contributed by atoms with Gasteiger partial charge < -0.3 is 16.0 Å². The van der Waals surface area contributed by atoms with E-state index >= 15 is 0 Å². The fraction of sp³-hybridized carbons (Fsp3) is 0.267. The summed E-state index contributed by atoms with van der Waals surface area (Å²) in [5.41, 5.74) is 1.66. The molecule has 2 rings (SSSR count). The summed E-state index contributed by atoms with van der Waals surface area (Å²) in [6.07, 6.45) is 0. The molecule has 4 N–H and O–H groups in total. The summed E-state index contributed by atoms with van der Waals surface area (Å²) in [7, 11) is 3.31. The van der Waals surface area contributed by atoms with E-state index in [1.807, 2.05) is 12.1 Å². The van der Waals surface area contributed by atoms with Gasteiger partial charge in [-0.1, -0.05) is 23.7 Å². The smallest absolute Gasteiger partial charge is 0.280 e. The number of nitrogens with two attached hydrogens (primary N) is 1. The molecule has 0 fully saturated rings. The number of carbonyl (C=O) groups is 2. The molecule has 1 aromatic heterocycles. The molecule has 7 nitrogen and oxygen atoms in total. The molecule has 0 saturated heterocycles. The van der Waals surface area contributed by atoms with Crippen molar-refractivity contribution < 1.29 is 14.9 Å². The second-order valence-electron chi connectivity index (χ2n) is 4.96. The Balaban J connectivity index is 1.97. The zero-order valence-corrected chi connectivity index (χ0v) is 13.7. The Morgan fingerprint density at radius 1 is 1.22 bits per heavy atom. The minimum atomic E-state index is -0.195. The average molecular weight is 337 g/mol. The number of anilines is 1. The molecule has 1 heterocycles. The molecule has 2 aromatic rings. The number of aromatic nitrogens is 2. The van der Waals surface area contributed by atoms with Crippen LogP contribution in [0.2, 0.25) is 5.02 Å². The number of carbonyl (C=O) groups excluding carboxylic acids is 2. The molecule has 23 heavy (non-hydrogen) atoms. The number of benzene rings is 1. The lowest BCUT2D eigenvalue weighted by Gasteiger charge is -2.04. The molecule has 0 spiro atoms. The van der Waals surface area contributed by atoms with Gasteiger partial charge in [-0.2, -0.15) is 5.10 Å². The average Bonchev–Trinajstić information content (AvgIpc) is 2.88. The van der Waals surface area contributed by atoms with Gasteiger partial charge >= 0.3 is 0 Å². The third-order valence-corrected chi connectivity index (χ3v) is 3.48. The molecule has 122 valence electrons. The van der Waals surface area contributed by atoms with Crippen LogP contribution in [0.25, 0.3) is 11.3 Å². The molecule has 0 aliphatic carbocycles. The number of rotatable bonds is 6. The van der Waals surface area contributed by atoms with Crippen LogP contribution >= 0.6 is 11.6 Å². The number of hydrogen-bond donors (Lipinski definition) is 3. The van der Waals surface area contributed by atoms with Gasteiger partial charge in [-0.05, 0) is 12.1 Å². The van der Waals surface area contributed by atoms with Crippen LogP contribution in [0.1, 0.15) is 0 Å². The third kappa shape index (κ3) is 4.80. The zero-order chi connectivity index (χ0) is 16.8. The molecule has 0 saturated carbocycles. The van der Waals surface area contributed by atoms with Crippen molar-refractivity contribution in [2.24, 2.45) is 7.05 Å². The van der Waals surface area contributed by atoms with E-state index in [1.165, 1.54) is 0 Å². The Bertz CT molecular complexity index is 696. The van der Waals surface area contributed by atoms with Gasteiger partial charge in [0.1, 0.15) is 5.82 Å². The van der Waals surface area contributed by atoms with E-state index in [9.17, 15) is 9.59 Å². The molecule has 0 aliphatic heterocycles. The Labute approximate surface area is 139 Å². The van der Waals surface area contributed by atoms with E-state index in [0.717, 1.165) is 11.3 Å². The van der Waals surface area contributed by atoms with Gasteiger partial charge in [0.2, 0.25) is 0 Å². The van der Waals surface area contributed by atoms with Crippen molar-refractivity contribution in [2.75, 3.05) is 25.5 Å². The third-order valence-electron chi connectivity index (χ3n) is 3.23. The highest BCUT2D eigenvalue weighted by atomic mass is 35.5. The van der Waals surface area contributed by atoms with Crippen LogP contribution in [0.15, 0.2) is 30.3 Å². The summed E-state index contributed by atoms with van der Waals surface area (Å²) >= 11 is 5.87. The monoisotopic (exact) mass is 336 g/mol. The first kappa shape index (κ1) is 17.0. The van der Waals surface area contributed by atoms with E-state index in [-0.39, 0.29) is 24.9 Å². The van der Waals surface area contributed by atoms with Crippen LogP contribution in [0.3, 0.4) is 0 Å². The maximum Gasteiger partial charge on any atom is 0.280 e. The number of nitrogens with zero attached hydrogens (tertiary/aromatic N) is 2. The predicted molar refractivity (Wildman–Crippen MR) is 88.0 cm³/mol. The Morgan fingerprint density at radius 2 is 1.87 bits per heavy atom. The topological polar surface area (TPSA) is 92.6 Å². The van der Waals surface area contributed by atoms with Gasteiger partial charge in [0, 0.05) is 30.7 Å². The minimum absolute atomic E-state index is 0.122. The van der Waals surface area contributed by atoms with Crippen LogP contribution in [0.5, 0.6) is 0 Å². The number of amides is 2. The summed E-state index contributed by atoms with van der Waals surface area (Å²) < 4.78 is 1.60. The molecule has 0 atom stereocenters. The molecule has 8 heteroatoms. The number of hydrogen-bond acceptors (Lipinski definition) is 3. The molecule has 1 aromatic carbocycles. The lowest BCUT2D eigenvalue weighted by atomic mass is 10.1. The van der Waals surface area contributed by atoms with Gasteiger partial charge in [-0.25, -0.2) is 0 Å². The van der Waals surface area contributed by atoms with Crippen LogP contribution in [-0.2, 0) is 16.6 Å². The fourth-order valence-electron chi connectivity index (χ4n) is 1.98. The van der Waals surface area contributed by atoms with Crippen molar-refractivity contribution >= 4 is 29.2 Å². The molecule has 0 radical (unpaired) electrons. The summed E-state index contributed by atoms with van der Waals surface area (Å²) in [6.45, 7) is 0.375. The van der Waals surface area contributed by atoms with E-state index in [1.54, 1.807) is 42.3 Å². The number of quaternary nitrogens is 1. The number of halogens is 1. The molecular weight excluding hydrogens is 318 g/mol. The van der Waals surface area contributed by atoms with Crippen molar-refractivity contribution in [3.05, 3.63) is 35.4 Å². The van der Waals surface area contributed by atoms with Gasteiger partial charge in [0.15, 0.2) is 13.1 Å². The highest BCUT2D eigenvalue weighted by molar-refractivity contribution is 6.30. The zero-order valence-electron chi connectivity index (χ0n) is 13.0. The molecule has 0 aliphatic rings. The van der Waals surface area contributed by atoms with Crippen LogP contribution in [0.4, 0.5) is 5.82 Å². The van der Waals surface area contributed by atoms with Crippen molar-refractivity contribution in [1.82, 2.24) is 15.1 Å². The summed E-state index contributed by atoms with van der Waals surface area (Å²) in [4.78, 5) is 23.0.